The van der Waals surface area contributed by atoms with Crippen molar-refractivity contribution >= 4 is 17.5 Å². The van der Waals surface area contributed by atoms with E-state index in [1.807, 2.05) is 13.0 Å². The van der Waals surface area contributed by atoms with Crippen LogP contribution < -0.4 is 10.1 Å². The standard InChI is InChI=1S/C18H22ClN3O3/c1-10-6-11(4-5-12(10)19)25-8-14(23)16-21-13-7-18(2,3)9-20-17(24)15(13)22-16/h4-6,14,23H,7-9H2,1-3H3,(H,20,24)(H,21,22). The van der Waals surface area contributed by atoms with Crippen LogP contribution in [0.4, 0.5) is 0 Å². The van der Waals surface area contributed by atoms with Crippen LogP contribution in [-0.2, 0) is 6.42 Å². The van der Waals surface area contributed by atoms with Crippen molar-refractivity contribution in [3.05, 3.63) is 46.0 Å². The van der Waals surface area contributed by atoms with Gasteiger partial charge in [0, 0.05) is 17.3 Å². The maximum Gasteiger partial charge on any atom is 0.271 e. The van der Waals surface area contributed by atoms with Crippen LogP contribution in [0.2, 0.25) is 5.02 Å². The molecule has 0 bridgehead atoms. The van der Waals surface area contributed by atoms with E-state index in [9.17, 15) is 9.90 Å². The normalized spacial score (nSPS) is 17.4. The number of H-pyrrole nitrogens is 1. The monoisotopic (exact) mass is 363 g/mol. The minimum Gasteiger partial charge on any atom is -0.490 e. The smallest absolute Gasteiger partial charge is 0.271 e. The number of aliphatic hydroxyl groups is 1. The van der Waals surface area contributed by atoms with Crippen LogP contribution >= 0.6 is 11.6 Å². The fourth-order valence-corrected chi connectivity index (χ4v) is 2.93. The first-order valence-electron chi connectivity index (χ1n) is 8.19. The van der Waals surface area contributed by atoms with Gasteiger partial charge in [0.15, 0.2) is 0 Å². The van der Waals surface area contributed by atoms with E-state index >= 15 is 0 Å². The number of rotatable bonds is 4. The second-order valence-electron chi connectivity index (χ2n) is 7.21. The number of aromatic nitrogens is 2. The molecule has 0 saturated carbocycles. The van der Waals surface area contributed by atoms with Gasteiger partial charge in [-0.05, 0) is 42.5 Å². The van der Waals surface area contributed by atoms with Crippen LogP contribution in [0.5, 0.6) is 5.75 Å². The fourth-order valence-electron chi connectivity index (χ4n) is 2.81. The summed E-state index contributed by atoms with van der Waals surface area (Å²) in [4.78, 5) is 19.5. The van der Waals surface area contributed by atoms with E-state index in [0.717, 1.165) is 11.3 Å². The largest absolute Gasteiger partial charge is 0.490 e. The number of aryl methyl sites for hydroxylation is 1. The molecule has 0 saturated heterocycles. The molecule has 1 unspecified atom stereocenters. The number of aromatic amines is 1. The number of carbonyl (C=O) groups excluding carboxylic acids is 1. The summed E-state index contributed by atoms with van der Waals surface area (Å²) in [5.74, 6) is 0.737. The Morgan fingerprint density at radius 3 is 2.92 bits per heavy atom. The first-order chi connectivity index (χ1) is 11.7. The summed E-state index contributed by atoms with van der Waals surface area (Å²) in [5, 5.41) is 13.9. The summed E-state index contributed by atoms with van der Waals surface area (Å²) in [6.07, 6.45) is -0.281. The van der Waals surface area contributed by atoms with Crippen LogP contribution in [0, 0.1) is 12.3 Å². The average Bonchev–Trinajstić information content (AvgIpc) is 2.92. The number of hydrogen-bond acceptors (Lipinski definition) is 4. The summed E-state index contributed by atoms with van der Waals surface area (Å²) in [6, 6.07) is 5.30. The molecule has 3 rings (SSSR count). The highest BCUT2D eigenvalue weighted by atomic mass is 35.5. The van der Waals surface area contributed by atoms with Gasteiger partial charge in [-0.15, -0.1) is 0 Å². The number of nitrogens with one attached hydrogen (secondary N) is 2. The number of carbonyl (C=O) groups is 1. The van der Waals surface area contributed by atoms with Gasteiger partial charge in [0.2, 0.25) is 0 Å². The van der Waals surface area contributed by atoms with E-state index in [1.54, 1.807) is 12.1 Å². The molecule has 1 amide bonds. The Bertz CT molecular complexity index is 801. The highest BCUT2D eigenvalue weighted by molar-refractivity contribution is 6.31. The second-order valence-corrected chi connectivity index (χ2v) is 7.62. The Labute approximate surface area is 151 Å². The van der Waals surface area contributed by atoms with Crippen molar-refractivity contribution < 1.29 is 14.6 Å². The lowest BCUT2D eigenvalue weighted by molar-refractivity contribution is 0.0932. The van der Waals surface area contributed by atoms with E-state index in [0.29, 0.717) is 35.3 Å². The molecule has 1 aromatic carbocycles. The number of halogens is 1. The van der Waals surface area contributed by atoms with E-state index in [4.69, 9.17) is 16.3 Å². The molecule has 2 heterocycles. The van der Waals surface area contributed by atoms with E-state index in [2.05, 4.69) is 29.1 Å². The third kappa shape index (κ3) is 3.96. The third-order valence-electron chi connectivity index (χ3n) is 4.25. The maximum atomic E-state index is 12.2. The number of fused-ring (bicyclic) bond motifs is 1. The Kier molecular flexibility index (Phi) is 4.75. The van der Waals surface area contributed by atoms with Crippen LogP contribution in [0.1, 0.15) is 47.5 Å². The minimum absolute atomic E-state index is 0.0263. The zero-order valence-corrected chi connectivity index (χ0v) is 15.3. The average molecular weight is 364 g/mol. The van der Waals surface area contributed by atoms with Crippen molar-refractivity contribution in [1.29, 1.82) is 0 Å². The van der Waals surface area contributed by atoms with Crippen molar-refractivity contribution in [2.45, 2.75) is 33.3 Å². The second kappa shape index (κ2) is 6.69. The molecule has 1 aromatic heterocycles. The van der Waals surface area contributed by atoms with Crippen LogP contribution in [0.25, 0.3) is 0 Å². The number of nitrogens with zero attached hydrogens (tertiary/aromatic N) is 1. The lowest BCUT2D eigenvalue weighted by atomic mass is 9.88. The van der Waals surface area contributed by atoms with Gasteiger partial charge < -0.3 is 20.1 Å². The highest BCUT2D eigenvalue weighted by Crippen LogP contribution is 2.27. The first-order valence-corrected chi connectivity index (χ1v) is 8.57. The van der Waals surface area contributed by atoms with Crippen molar-refractivity contribution in [2.75, 3.05) is 13.2 Å². The van der Waals surface area contributed by atoms with Crippen LogP contribution in [-0.4, -0.2) is 34.1 Å². The third-order valence-corrected chi connectivity index (χ3v) is 4.67. The Hall–Kier alpha value is -2.05. The van der Waals surface area contributed by atoms with Crippen molar-refractivity contribution in [3.8, 4) is 5.75 Å². The summed E-state index contributed by atoms with van der Waals surface area (Å²) >= 11 is 5.99. The molecule has 134 valence electrons. The SMILES string of the molecule is Cc1cc(OCC(O)c2nc3c([nH]2)CC(C)(C)CNC3=O)ccc1Cl. The van der Waals surface area contributed by atoms with Crippen molar-refractivity contribution in [2.24, 2.45) is 5.41 Å². The van der Waals surface area contributed by atoms with Gasteiger partial charge in [-0.25, -0.2) is 4.98 Å². The maximum absolute atomic E-state index is 12.2. The summed E-state index contributed by atoms with van der Waals surface area (Å²) in [7, 11) is 0. The predicted molar refractivity (Wildman–Crippen MR) is 95.0 cm³/mol. The van der Waals surface area contributed by atoms with Gasteiger partial charge in [0.1, 0.15) is 30.0 Å². The molecule has 1 aliphatic heterocycles. The number of ether oxygens (including phenoxy) is 1. The summed E-state index contributed by atoms with van der Waals surface area (Å²) < 4.78 is 5.61. The minimum atomic E-state index is -0.959. The molecule has 0 aliphatic carbocycles. The zero-order chi connectivity index (χ0) is 18.2. The van der Waals surface area contributed by atoms with Gasteiger partial charge in [-0.2, -0.15) is 0 Å². The van der Waals surface area contributed by atoms with Crippen LogP contribution in [0.15, 0.2) is 18.2 Å². The lowest BCUT2D eigenvalue weighted by Crippen LogP contribution is -2.32. The van der Waals surface area contributed by atoms with E-state index < -0.39 is 6.10 Å². The van der Waals surface area contributed by atoms with Crippen molar-refractivity contribution in [1.82, 2.24) is 15.3 Å². The van der Waals surface area contributed by atoms with Gasteiger partial charge in [-0.3, -0.25) is 4.79 Å². The molecule has 7 heteroatoms. The molecule has 0 radical (unpaired) electrons. The molecule has 1 atom stereocenters. The quantitative estimate of drug-likeness (QED) is 0.779. The molecule has 6 nitrogen and oxygen atoms in total. The van der Waals surface area contributed by atoms with Crippen molar-refractivity contribution in [3.63, 3.8) is 0 Å². The van der Waals surface area contributed by atoms with Gasteiger partial charge in [0.05, 0.1) is 0 Å². The Morgan fingerprint density at radius 2 is 2.20 bits per heavy atom. The zero-order valence-electron chi connectivity index (χ0n) is 14.5. The lowest BCUT2D eigenvalue weighted by Gasteiger charge is -2.21. The predicted octanol–water partition coefficient (Wildman–Crippen LogP) is 2.80. The summed E-state index contributed by atoms with van der Waals surface area (Å²) in [6.45, 7) is 6.65. The number of hydrogen-bond donors (Lipinski definition) is 3. The number of aliphatic hydroxyl groups excluding tert-OH is 1. The van der Waals surface area contributed by atoms with Gasteiger partial charge in [0.25, 0.3) is 5.91 Å². The summed E-state index contributed by atoms with van der Waals surface area (Å²) in [5.41, 5.74) is 1.92. The molecule has 1 aliphatic rings. The molecule has 0 fully saturated rings. The topological polar surface area (TPSA) is 87.2 Å². The molecular weight excluding hydrogens is 342 g/mol. The molecule has 3 N–H and O–H groups in total. The molecule has 2 aromatic rings. The van der Waals surface area contributed by atoms with E-state index in [-0.39, 0.29) is 17.9 Å². The Balaban J connectivity index is 1.73. The van der Waals surface area contributed by atoms with Crippen LogP contribution in [0.3, 0.4) is 0 Å². The molecule has 0 spiro atoms. The number of benzene rings is 1. The van der Waals surface area contributed by atoms with E-state index in [1.165, 1.54) is 0 Å². The Morgan fingerprint density at radius 1 is 1.44 bits per heavy atom. The van der Waals surface area contributed by atoms with Gasteiger partial charge >= 0.3 is 0 Å². The molecular formula is C18H22ClN3O3. The number of imidazole rings is 1. The highest BCUT2D eigenvalue weighted by Gasteiger charge is 2.30. The van der Waals surface area contributed by atoms with Gasteiger partial charge in [-0.1, -0.05) is 25.4 Å². The fraction of sp³-hybridized carbons (Fsp3) is 0.444. The molecule has 25 heavy (non-hydrogen) atoms. The number of amides is 1. The first kappa shape index (κ1) is 17.8.